The number of hydrogen-bond donors (Lipinski definition) is 2. The highest BCUT2D eigenvalue weighted by Gasteiger charge is 1.88. The Hall–Kier alpha value is -1.32. The van der Waals surface area contributed by atoms with Crippen molar-refractivity contribution in [3.05, 3.63) is 12.2 Å². The van der Waals surface area contributed by atoms with Crippen LogP contribution in [0.25, 0.3) is 0 Å². The summed E-state index contributed by atoms with van der Waals surface area (Å²) in [7, 11) is 0. The molecule has 0 aliphatic carbocycles. The van der Waals surface area contributed by atoms with Crippen LogP contribution in [0.3, 0.4) is 0 Å². The van der Waals surface area contributed by atoms with Crippen LogP contribution >= 0.6 is 0 Å². The molecule has 0 rings (SSSR count). The van der Waals surface area contributed by atoms with E-state index in [4.69, 9.17) is 10.2 Å². The fraction of sp³-hybridized carbons (Fsp3) is 0.714. The number of carbonyl (C=O) groups is 2. The summed E-state index contributed by atoms with van der Waals surface area (Å²) in [6, 6.07) is 0. The molecule has 0 heterocycles. The maximum absolute atomic E-state index is 9.55. The predicted molar refractivity (Wildman–Crippen MR) is 72.7 cm³/mol. The van der Waals surface area contributed by atoms with Gasteiger partial charge in [0.05, 0.1) is 0 Å². The van der Waals surface area contributed by atoms with Crippen molar-refractivity contribution in [1.82, 2.24) is 0 Å². The zero-order valence-electron chi connectivity index (χ0n) is 11.5. The minimum atomic E-state index is -1.26. The molecule has 0 aromatic rings. The van der Waals surface area contributed by atoms with E-state index in [-0.39, 0.29) is 0 Å². The Morgan fingerprint density at radius 3 is 1.22 bits per heavy atom. The van der Waals surface area contributed by atoms with Gasteiger partial charge in [0.1, 0.15) is 0 Å². The minimum Gasteiger partial charge on any atom is -0.478 e. The maximum Gasteiger partial charge on any atom is 0.328 e. The second kappa shape index (κ2) is 15.7. The second-order valence-corrected chi connectivity index (χ2v) is 4.13. The first kappa shape index (κ1) is 19.0. The average molecular weight is 258 g/mol. The molecule has 2 N–H and O–H groups in total. The van der Waals surface area contributed by atoms with E-state index in [1.807, 2.05) is 0 Å². The molecular weight excluding hydrogens is 232 g/mol. The van der Waals surface area contributed by atoms with Gasteiger partial charge in [-0.25, -0.2) is 9.59 Å². The molecule has 0 bridgehead atoms. The van der Waals surface area contributed by atoms with Gasteiger partial charge in [-0.3, -0.25) is 0 Å². The summed E-state index contributed by atoms with van der Waals surface area (Å²) in [4.78, 5) is 19.1. The molecule has 0 saturated heterocycles. The molecule has 0 fully saturated rings. The van der Waals surface area contributed by atoms with Gasteiger partial charge in [-0.05, 0) is 0 Å². The Morgan fingerprint density at radius 1 is 0.722 bits per heavy atom. The van der Waals surface area contributed by atoms with Gasteiger partial charge in [0.25, 0.3) is 0 Å². The molecule has 4 nitrogen and oxygen atoms in total. The molecule has 0 aliphatic rings. The third kappa shape index (κ3) is 24.1. The Labute approximate surface area is 110 Å². The summed E-state index contributed by atoms with van der Waals surface area (Å²) >= 11 is 0. The summed E-state index contributed by atoms with van der Waals surface area (Å²) in [5.41, 5.74) is 0. The van der Waals surface area contributed by atoms with E-state index in [0.717, 1.165) is 0 Å². The van der Waals surface area contributed by atoms with E-state index >= 15 is 0 Å². The monoisotopic (exact) mass is 258 g/mol. The quantitative estimate of drug-likeness (QED) is 0.486. The fourth-order valence-electron chi connectivity index (χ4n) is 1.35. The SMILES string of the molecule is CCCCCCCCCC.O=C(O)/C=C/C(=O)O. The van der Waals surface area contributed by atoms with Crippen molar-refractivity contribution in [2.75, 3.05) is 0 Å². The second-order valence-electron chi connectivity index (χ2n) is 4.13. The highest BCUT2D eigenvalue weighted by molar-refractivity contribution is 5.89. The molecule has 4 heteroatoms. The van der Waals surface area contributed by atoms with Crippen LogP contribution in [-0.4, -0.2) is 22.2 Å². The third-order valence-corrected chi connectivity index (χ3v) is 2.33. The van der Waals surface area contributed by atoms with Crippen LogP contribution in [0.15, 0.2) is 12.2 Å². The number of carboxylic acid groups (broad SMARTS) is 2. The Kier molecular flexibility index (Phi) is 16.6. The zero-order chi connectivity index (χ0) is 14.2. The molecule has 0 aromatic carbocycles. The molecule has 0 aromatic heterocycles. The molecule has 0 atom stereocenters. The highest BCUT2D eigenvalue weighted by Crippen LogP contribution is 2.07. The van der Waals surface area contributed by atoms with Crippen molar-refractivity contribution in [2.24, 2.45) is 0 Å². The van der Waals surface area contributed by atoms with Crippen molar-refractivity contribution < 1.29 is 19.8 Å². The van der Waals surface area contributed by atoms with E-state index in [1.165, 1.54) is 51.4 Å². The van der Waals surface area contributed by atoms with Gasteiger partial charge in [-0.15, -0.1) is 0 Å². The third-order valence-electron chi connectivity index (χ3n) is 2.33. The topological polar surface area (TPSA) is 74.6 Å². The lowest BCUT2D eigenvalue weighted by molar-refractivity contribution is -0.134. The summed E-state index contributed by atoms with van der Waals surface area (Å²) in [5, 5.41) is 15.6. The number of unbranched alkanes of at least 4 members (excludes halogenated alkanes) is 7. The highest BCUT2D eigenvalue weighted by atomic mass is 16.4. The lowest BCUT2D eigenvalue weighted by Crippen LogP contribution is -1.91. The van der Waals surface area contributed by atoms with Crippen molar-refractivity contribution in [3.63, 3.8) is 0 Å². The van der Waals surface area contributed by atoms with Crippen LogP contribution in [0, 0.1) is 0 Å². The van der Waals surface area contributed by atoms with Crippen LogP contribution in [0.5, 0.6) is 0 Å². The molecule has 0 saturated carbocycles. The molecule has 0 spiro atoms. The molecule has 0 radical (unpaired) electrons. The first-order chi connectivity index (χ1) is 8.54. The standard InChI is InChI=1S/C10H22.C4H4O4/c1-3-5-7-9-10-8-6-4-2;5-3(6)1-2-4(7)8/h3-10H2,1-2H3;1-2H,(H,5,6)(H,7,8)/b;2-1+. The molecule has 106 valence electrons. The average Bonchev–Trinajstić information content (AvgIpc) is 2.32. The maximum atomic E-state index is 9.55. The van der Waals surface area contributed by atoms with E-state index in [2.05, 4.69) is 13.8 Å². The number of aliphatic carboxylic acids is 2. The smallest absolute Gasteiger partial charge is 0.328 e. The summed E-state index contributed by atoms with van der Waals surface area (Å²) in [6.07, 6.45) is 12.6. The van der Waals surface area contributed by atoms with Crippen LogP contribution in [0.2, 0.25) is 0 Å². The van der Waals surface area contributed by atoms with E-state index in [9.17, 15) is 9.59 Å². The van der Waals surface area contributed by atoms with Crippen molar-refractivity contribution in [2.45, 2.75) is 65.2 Å². The number of hydrogen-bond acceptors (Lipinski definition) is 2. The van der Waals surface area contributed by atoms with E-state index in [0.29, 0.717) is 12.2 Å². The van der Waals surface area contributed by atoms with Gasteiger partial charge in [0.15, 0.2) is 0 Å². The summed E-state index contributed by atoms with van der Waals surface area (Å²) in [6.45, 7) is 4.54. The molecule has 18 heavy (non-hydrogen) atoms. The number of rotatable bonds is 9. The minimum absolute atomic E-state index is 0.558. The lowest BCUT2D eigenvalue weighted by Gasteiger charge is -1.97. The lowest BCUT2D eigenvalue weighted by atomic mass is 10.1. The summed E-state index contributed by atoms with van der Waals surface area (Å²) < 4.78 is 0. The van der Waals surface area contributed by atoms with Gasteiger partial charge >= 0.3 is 11.9 Å². The van der Waals surface area contributed by atoms with E-state index < -0.39 is 11.9 Å². The van der Waals surface area contributed by atoms with Crippen LogP contribution in [0.4, 0.5) is 0 Å². The van der Waals surface area contributed by atoms with Gasteiger partial charge in [0, 0.05) is 12.2 Å². The van der Waals surface area contributed by atoms with Crippen molar-refractivity contribution in [1.29, 1.82) is 0 Å². The predicted octanol–water partition coefficient (Wildman–Crippen LogP) is 3.86. The van der Waals surface area contributed by atoms with Crippen LogP contribution < -0.4 is 0 Å². The molecule has 0 aliphatic heterocycles. The Balaban J connectivity index is 0. The molecular formula is C14H26O4. The van der Waals surface area contributed by atoms with Crippen LogP contribution in [0.1, 0.15) is 65.2 Å². The van der Waals surface area contributed by atoms with Crippen molar-refractivity contribution in [3.8, 4) is 0 Å². The Bertz CT molecular complexity index is 210. The van der Waals surface area contributed by atoms with Crippen molar-refractivity contribution >= 4 is 11.9 Å². The summed E-state index contributed by atoms with van der Waals surface area (Å²) in [5.74, 6) is -2.51. The van der Waals surface area contributed by atoms with Gasteiger partial charge in [-0.1, -0.05) is 65.2 Å². The Morgan fingerprint density at radius 2 is 1.00 bits per heavy atom. The zero-order valence-corrected chi connectivity index (χ0v) is 11.5. The normalized spacial score (nSPS) is 9.89. The van der Waals surface area contributed by atoms with E-state index in [1.54, 1.807) is 0 Å². The van der Waals surface area contributed by atoms with Gasteiger partial charge in [0.2, 0.25) is 0 Å². The molecule has 0 amide bonds. The largest absolute Gasteiger partial charge is 0.478 e. The van der Waals surface area contributed by atoms with Gasteiger partial charge < -0.3 is 10.2 Å². The first-order valence-electron chi connectivity index (χ1n) is 6.68. The fourth-order valence-corrected chi connectivity index (χ4v) is 1.35. The molecule has 0 unspecified atom stereocenters. The van der Waals surface area contributed by atoms with Gasteiger partial charge in [-0.2, -0.15) is 0 Å². The number of carboxylic acids is 2. The van der Waals surface area contributed by atoms with Crippen LogP contribution in [-0.2, 0) is 9.59 Å². The first-order valence-corrected chi connectivity index (χ1v) is 6.68.